The predicted molar refractivity (Wildman–Crippen MR) is 56.3 cm³/mol. The Kier molecular flexibility index (Phi) is 2.28. The number of aromatic amines is 1. The Labute approximate surface area is 104 Å². The molecule has 8 heteroatoms. The molecule has 2 heterocycles. The van der Waals surface area contributed by atoms with Gasteiger partial charge in [-0.05, 0) is 18.2 Å². The van der Waals surface area contributed by atoms with Crippen LogP contribution in [-0.4, -0.2) is 21.6 Å². The van der Waals surface area contributed by atoms with Gasteiger partial charge in [-0.3, -0.25) is 0 Å². The summed E-state index contributed by atoms with van der Waals surface area (Å²) in [6, 6.07) is 4.33. The molecule has 0 spiro atoms. The third-order valence-electron chi connectivity index (χ3n) is 2.56. The van der Waals surface area contributed by atoms with Gasteiger partial charge < -0.3 is 4.74 Å². The summed E-state index contributed by atoms with van der Waals surface area (Å²) in [6.45, 7) is 0. The average Bonchev–Trinajstić information content (AvgIpc) is 2.75. The number of hydrogen-bond acceptors (Lipinski definition) is 3. The molecule has 94 valence electrons. The van der Waals surface area contributed by atoms with E-state index in [2.05, 4.69) is 15.4 Å². The highest BCUT2D eigenvalue weighted by Crippen LogP contribution is 2.46. The molecule has 0 aliphatic carbocycles. The molecule has 1 N–H and O–H groups in total. The standard InChI is InChI=1S/C10H5ClF3N3O/c11-4-1-2-6-5(3-4)7-8(16-17-15-7)9(18-6)10(12,13)14/h1-3,9H,(H,15,16,17). The lowest BCUT2D eigenvalue weighted by atomic mass is 10.0. The third-order valence-corrected chi connectivity index (χ3v) is 2.80. The van der Waals surface area contributed by atoms with Gasteiger partial charge >= 0.3 is 6.18 Å². The van der Waals surface area contributed by atoms with Crippen LogP contribution in [0.3, 0.4) is 0 Å². The second kappa shape index (κ2) is 3.61. The number of fused-ring (bicyclic) bond motifs is 3. The number of rotatable bonds is 0. The molecule has 1 unspecified atom stereocenters. The van der Waals surface area contributed by atoms with Crippen LogP contribution in [0.5, 0.6) is 5.75 Å². The van der Waals surface area contributed by atoms with Gasteiger partial charge in [0.2, 0.25) is 6.10 Å². The molecular formula is C10H5ClF3N3O. The molecule has 1 aliphatic rings. The van der Waals surface area contributed by atoms with E-state index in [1.165, 1.54) is 18.2 Å². The molecule has 0 bridgehead atoms. The maximum Gasteiger partial charge on any atom is 0.431 e. The highest BCUT2D eigenvalue weighted by molar-refractivity contribution is 6.31. The maximum atomic E-state index is 12.8. The van der Waals surface area contributed by atoms with Crippen molar-refractivity contribution in [3.05, 3.63) is 28.9 Å². The smallest absolute Gasteiger partial charge is 0.431 e. The van der Waals surface area contributed by atoms with Crippen LogP contribution in [0.2, 0.25) is 5.02 Å². The van der Waals surface area contributed by atoms with Crippen molar-refractivity contribution in [1.82, 2.24) is 15.4 Å². The Hall–Kier alpha value is -1.76. The van der Waals surface area contributed by atoms with E-state index in [0.29, 0.717) is 10.6 Å². The second-order valence-corrected chi connectivity index (χ2v) is 4.17. The first-order valence-electron chi connectivity index (χ1n) is 4.91. The van der Waals surface area contributed by atoms with E-state index in [1.54, 1.807) is 0 Å². The predicted octanol–water partition coefficient (Wildman–Crippen LogP) is 3.12. The molecule has 0 saturated heterocycles. The Bertz CT molecular complexity index is 611. The van der Waals surface area contributed by atoms with Crippen LogP contribution >= 0.6 is 11.6 Å². The Morgan fingerprint density at radius 3 is 2.78 bits per heavy atom. The van der Waals surface area contributed by atoms with Crippen LogP contribution in [0, 0.1) is 0 Å². The van der Waals surface area contributed by atoms with Crippen molar-refractivity contribution < 1.29 is 17.9 Å². The summed E-state index contributed by atoms with van der Waals surface area (Å²) >= 11 is 5.80. The summed E-state index contributed by atoms with van der Waals surface area (Å²) in [5.41, 5.74) is 0.227. The first kappa shape index (κ1) is 11.3. The number of nitrogens with one attached hydrogen (secondary N) is 1. The van der Waals surface area contributed by atoms with Crippen LogP contribution in [-0.2, 0) is 0 Å². The van der Waals surface area contributed by atoms with E-state index in [-0.39, 0.29) is 17.1 Å². The zero-order chi connectivity index (χ0) is 12.9. The summed E-state index contributed by atoms with van der Waals surface area (Å²) in [6.07, 6.45) is -6.66. The molecule has 4 nitrogen and oxygen atoms in total. The maximum absolute atomic E-state index is 12.8. The number of halogens is 4. The highest BCUT2D eigenvalue weighted by atomic mass is 35.5. The fourth-order valence-corrected chi connectivity index (χ4v) is 1.99. The van der Waals surface area contributed by atoms with Gasteiger partial charge in [0.25, 0.3) is 0 Å². The molecule has 0 saturated carbocycles. The quantitative estimate of drug-likeness (QED) is 0.804. The van der Waals surface area contributed by atoms with Crippen molar-refractivity contribution in [2.24, 2.45) is 0 Å². The average molecular weight is 276 g/mol. The van der Waals surface area contributed by atoms with E-state index in [9.17, 15) is 13.2 Å². The molecule has 1 aromatic heterocycles. The fourth-order valence-electron chi connectivity index (χ4n) is 1.81. The lowest BCUT2D eigenvalue weighted by Gasteiger charge is -2.25. The van der Waals surface area contributed by atoms with Crippen LogP contribution < -0.4 is 4.74 Å². The second-order valence-electron chi connectivity index (χ2n) is 3.74. The lowest BCUT2D eigenvalue weighted by molar-refractivity contribution is -0.199. The zero-order valence-corrected chi connectivity index (χ0v) is 9.38. The van der Waals surface area contributed by atoms with Crippen molar-refractivity contribution >= 4 is 11.6 Å². The van der Waals surface area contributed by atoms with Crippen molar-refractivity contribution in [3.63, 3.8) is 0 Å². The molecule has 3 rings (SSSR count). The molecule has 1 atom stereocenters. The van der Waals surface area contributed by atoms with Crippen LogP contribution in [0.1, 0.15) is 11.8 Å². The van der Waals surface area contributed by atoms with Gasteiger partial charge in [0.1, 0.15) is 17.1 Å². The minimum absolute atomic E-state index is 0.0862. The summed E-state index contributed by atoms with van der Waals surface area (Å²) in [4.78, 5) is 0. The SMILES string of the molecule is FC(F)(F)C1Oc2ccc(Cl)cc2-c2n[nH]nc21. The highest BCUT2D eigenvalue weighted by Gasteiger charge is 2.48. The third kappa shape index (κ3) is 1.62. The number of benzene rings is 1. The normalized spacial score (nSPS) is 17.9. The van der Waals surface area contributed by atoms with Crippen LogP contribution in [0.25, 0.3) is 11.3 Å². The van der Waals surface area contributed by atoms with Gasteiger partial charge in [-0.15, -0.1) is 0 Å². The Morgan fingerprint density at radius 2 is 2.06 bits per heavy atom. The summed E-state index contributed by atoms with van der Waals surface area (Å²) in [7, 11) is 0. The van der Waals surface area contributed by atoms with Crippen molar-refractivity contribution in [3.8, 4) is 17.0 Å². The topological polar surface area (TPSA) is 50.8 Å². The fraction of sp³-hybridized carbons (Fsp3) is 0.200. The molecule has 1 aromatic carbocycles. The van der Waals surface area contributed by atoms with Gasteiger partial charge in [0.15, 0.2) is 0 Å². The molecule has 18 heavy (non-hydrogen) atoms. The molecular weight excluding hydrogens is 271 g/mol. The zero-order valence-electron chi connectivity index (χ0n) is 8.62. The van der Waals surface area contributed by atoms with E-state index in [1.807, 2.05) is 0 Å². The summed E-state index contributed by atoms with van der Waals surface area (Å²) in [5, 5.41) is 9.80. The lowest BCUT2D eigenvalue weighted by Crippen LogP contribution is -2.29. The minimum atomic E-state index is -4.55. The molecule has 0 amide bonds. The van der Waals surface area contributed by atoms with Gasteiger partial charge in [-0.2, -0.15) is 28.6 Å². The van der Waals surface area contributed by atoms with Crippen molar-refractivity contribution in [2.45, 2.75) is 12.3 Å². The van der Waals surface area contributed by atoms with Gasteiger partial charge in [0, 0.05) is 10.6 Å². The summed E-state index contributed by atoms with van der Waals surface area (Å²) < 4.78 is 43.4. The minimum Gasteiger partial charge on any atom is -0.474 e. The van der Waals surface area contributed by atoms with E-state index < -0.39 is 12.3 Å². The van der Waals surface area contributed by atoms with Crippen LogP contribution in [0.15, 0.2) is 18.2 Å². The molecule has 0 fully saturated rings. The number of H-pyrrole nitrogens is 1. The number of hydrogen-bond donors (Lipinski definition) is 1. The van der Waals surface area contributed by atoms with Gasteiger partial charge in [-0.25, -0.2) is 0 Å². The largest absolute Gasteiger partial charge is 0.474 e. The van der Waals surface area contributed by atoms with Gasteiger partial charge in [0.05, 0.1) is 0 Å². The van der Waals surface area contributed by atoms with E-state index in [4.69, 9.17) is 16.3 Å². The molecule has 0 radical (unpaired) electrons. The first-order chi connectivity index (χ1) is 8.47. The monoisotopic (exact) mass is 275 g/mol. The van der Waals surface area contributed by atoms with Crippen LogP contribution in [0.4, 0.5) is 13.2 Å². The molecule has 2 aromatic rings. The van der Waals surface area contributed by atoms with Crippen molar-refractivity contribution in [2.75, 3.05) is 0 Å². The Morgan fingerprint density at radius 1 is 1.28 bits per heavy atom. The first-order valence-corrected chi connectivity index (χ1v) is 5.28. The number of ether oxygens (including phenoxy) is 1. The number of nitrogens with zero attached hydrogens (tertiary/aromatic N) is 2. The molecule has 1 aliphatic heterocycles. The van der Waals surface area contributed by atoms with Crippen molar-refractivity contribution in [1.29, 1.82) is 0 Å². The number of aromatic nitrogens is 3. The van der Waals surface area contributed by atoms with E-state index in [0.717, 1.165) is 0 Å². The van der Waals surface area contributed by atoms with Gasteiger partial charge in [-0.1, -0.05) is 11.6 Å². The summed E-state index contributed by atoms with van der Waals surface area (Å²) in [5.74, 6) is 0.0862. The Balaban J connectivity index is 2.20. The number of alkyl halides is 3. The van der Waals surface area contributed by atoms with E-state index >= 15 is 0 Å².